The molecule has 102 valence electrons. The highest BCUT2D eigenvalue weighted by atomic mass is 16.5. The maximum Gasteiger partial charge on any atom is 0.325 e. The fourth-order valence-corrected chi connectivity index (χ4v) is 2.49. The third-order valence-electron chi connectivity index (χ3n) is 3.97. The van der Waals surface area contributed by atoms with Gasteiger partial charge in [0.1, 0.15) is 12.1 Å². The van der Waals surface area contributed by atoms with Crippen LogP contribution >= 0.6 is 0 Å². The van der Waals surface area contributed by atoms with Crippen LogP contribution in [0.25, 0.3) is 0 Å². The maximum atomic E-state index is 11.9. The summed E-state index contributed by atoms with van der Waals surface area (Å²) in [5.74, 6) is -2.53. The van der Waals surface area contributed by atoms with E-state index in [1.165, 1.54) is 0 Å². The van der Waals surface area contributed by atoms with Crippen LogP contribution in [-0.2, 0) is 20.9 Å². The van der Waals surface area contributed by atoms with Crippen LogP contribution in [0.4, 0.5) is 0 Å². The van der Waals surface area contributed by atoms with E-state index >= 15 is 0 Å². The van der Waals surface area contributed by atoms with Crippen LogP contribution in [0.1, 0.15) is 19.4 Å². The number of rotatable bonds is 4. The van der Waals surface area contributed by atoms with Gasteiger partial charge in [-0.05, 0) is 5.56 Å². The molecule has 0 saturated heterocycles. The number of benzene rings is 1. The Kier molecular flexibility index (Phi) is 3.10. The Bertz CT molecular complexity index is 511. The van der Waals surface area contributed by atoms with Crippen molar-refractivity contribution in [2.24, 2.45) is 17.1 Å². The van der Waals surface area contributed by atoms with Crippen LogP contribution in [-0.4, -0.2) is 22.6 Å². The molecule has 0 heterocycles. The zero-order valence-corrected chi connectivity index (χ0v) is 10.9. The summed E-state index contributed by atoms with van der Waals surface area (Å²) in [6.45, 7) is 3.45. The average Bonchev–Trinajstić information content (AvgIpc) is 2.83. The van der Waals surface area contributed by atoms with Crippen LogP contribution in [0.5, 0.6) is 0 Å². The molecule has 19 heavy (non-hydrogen) atoms. The summed E-state index contributed by atoms with van der Waals surface area (Å²) in [4.78, 5) is 23.1. The Balaban J connectivity index is 2.01. The van der Waals surface area contributed by atoms with Crippen molar-refractivity contribution in [2.45, 2.75) is 26.0 Å². The lowest BCUT2D eigenvalue weighted by Crippen LogP contribution is -2.40. The SMILES string of the molecule is CC1(C)C(C(=O)OCc2ccccc2)[C@]1(N)C(=O)O. The second-order valence-electron chi connectivity index (χ2n) is 5.42. The minimum atomic E-state index is -1.53. The Morgan fingerprint density at radius 2 is 1.89 bits per heavy atom. The Hall–Kier alpha value is -1.88. The van der Waals surface area contributed by atoms with Crippen molar-refractivity contribution >= 4 is 11.9 Å². The number of carboxylic acids is 1. The van der Waals surface area contributed by atoms with Gasteiger partial charge in [-0.1, -0.05) is 44.2 Å². The van der Waals surface area contributed by atoms with Crippen molar-refractivity contribution in [2.75, 3.05) is 0 Å². The van der Waals surface area contributed by atoms with E-state index < -0.39 is 28.8 Å². The lowest BCUT2D eigenvalue weighted by atomic mass is 10.1. The van der Waals surface area contributed by atoms with Gasteiger partial charge in [-0.3, -0.25) is 9.59 Å². The van der Waals surface area contributed by atoms with Gasteiger partial charge in [0.25, 0.3) is 0 Å². The summed E-state index contributed by atoms with van der Waals surface area (Å²) in [5, 5.41) is 9.12. The van der Waals surface area contributed by atoms with Gasteiger partial charge in [0.2, 0.25) is 0 Å². The summed E-state index contributed by atoms with van der Waals surface area (Å²) in [6.07, 6.45) is 0. The van der Waals surface area contributed by atoms with E-state index in [0.29, 0.717) is 0 Å². The summed E-state index contributed by atoms with van der Waals surface area (Å²) in [5.41, 5.74) is 4.32. The van der Waals surface area contributed by atoms with Crippen LogP contribution in [0.3, 0.4) is 0 Å². The van der Waals surface area contributed by atoms with E-state index in [1.54, 1.807) is 13.8 Å². The summed E-state index contributed by atoms with van der Waals surface area (Å²) in [7, 11) is 0. The molecule has 0 radical (unpaired) electrons. The molecule has 1 aliphatic carbocycles. The first kappa shape index (κ1) is 13.5. The van der Waals surface area contributed by atoms with Crippen molar-refractivity contribution in [3.8, 4) is 0 Å². The number of esters is 1. The predicted molar refractivity (Wildman–Crippen MR) is 68.1 cm³/mol. The summed E-state index contributed by atoms with van der Waals surface area (Å²) >= 11 is 0. The molecular formula is C14H17NO4. The number of ether oxygens (including phenoxy) is 1. The zero-order chi connectivity index (χ0) is 14.3. The largest absolute Gasteiger partial charge is 0.480 e. The molecule has 0 aromatic heterocycles. The predicted octanol–water partition coefficient (Wildman–Crippen LogP) is 1.17. The quantitative estimate of drug-likeness (QED) is 0.796. The number of hydrogen-bond acceptors (Lipinski definition) is 4. The van der Waals surface area contributed by atoms with E-state index in [2.05, 4.69) is 0 Å². The average molecular weight is 263 g/mol. The highest BCUT2D eigenvalue weighted by Gasteiger charge is 2.78. The van der Waals surface area contributed by atoms with Gasteiger partial charge in [-0.25, -0.2) is 0 Å². The van der Waals surface area contributed by atoms with Gasteiger partial charge in [-0.15, -0.1) is 0 Å². The summed E-state index contributed by atoms with van der Waals surface area (Å²) < 4.78 is 5.15. The van der Waals surface area contributed by atoms with Gasteiger partial charge in [0, 0.05) is 5.41 Å². The van der Waals surface area contributed by atoms with Crippen LogP contribution in [0.2, 0.25) is 0 Å². The Labute approximate surface area is 111 Å². The molecule has 3 N–H and O–H groups in total. The molecule has 2 rings (SSSR count). The van der Waals surface area contributed by atoms with Crippen molar-refractivity contribution < 1.29 is 19.4 Å². The van der Waals surface area contributed by atoms with Crippen molar-refractivity contribution in [3.63, 3.8) is 0 Å². The highest BCUT2D eigenvalue weighted by Crippen LogP contribution is 2.60. The molecule has 0 bridgehead atoms. The zero-order valence-electron chi connectivity index (χ0n) is 10.9. The lowest BCUT2D eigenvalue weighted by molar-refractivity contribution is -0.150. The molecule has 0 aliphatic heterocycles. The van der Waals surface area contributed by atoms with Crippen molar-refractivity contribution in [1.29, 1.82) is 0 Å². The molecule has 1 aromatic rings. The summed E-state index contributed by atoms with van der Waals surface area (Å²) in [6, 6.07) is 9.21. The monoisotopic (exact) mass is 263 g/mol. The van der Waals surface area contributed by atoms with Crippen molar-refractivity contribution in [3.05, 3.63) is 35.9 Å². The number of carbonyl (C=O) groups is 2. The van der Waals surface area contributed by atoms with Gasteiger partial charge in [0.15, 0.2) is 0 Å². The molecule has 2 atom stereocenters. The smallest absolute Gasteiger partial charge is 0.325 e. The fraction of sp³-hybridized carbons (Fsp3) is 0.429. The van der Waals surface area contributed by atoms with E-state index in [9.17, 15) is 9.59 Å². The lowest BCUT2D eigenvalue weighted by Gasteiger charge is -2.07. The van der Waals surface area contributed by atoms with E-state index in [4.69, 9.17) is 15.6 Å². The molecule has 1 aliphatic rings. The van der Waals surface area contributed by atoms with Gasteiger partial charge < -0.3 is 15.6 Å². The minimum Gasteiger partial charge on any atom is -0.480 e. The van der Waals surface area contributed by atoms with Crippen molar-refractivity contribution in [1.82, 2.24) is 0 Å². The molecule has 1 fully saturated rings. The molecular weight excluding hydrogens is 246 g/mol. The molecule has 1 aromatic carbocycles. The third-order valence-corrected chi connectivity index (χ3v) is 3.97. The van der Waals surface area contributed by atoms with E-state index in [0.717, 1.165) is 5.56 Å². The first-order valence-corrected chi connectivity index (χ1v) is 6.04. The minimum absolute atomic E-state index is 0.127. The second-order valence-corrected chi connectivity index (χ2v) is 5.42. The Morgan fingerprint density at radius 3 is 2.37 bits per heavy atom. The number of carbonyl (C=O) groups excluding carboxylic acids is 1. The topological polar surface area (TPSA) is 89.6 Å². The van der Waals surface area contributed by atoms with Crippen LogP contribution < -0.4 is 5.73 Å². The standard InChI is InChI=1S/C14H17NO4/c1-13(2)10(14(13,15)12(17)18)11(16)19-8-9-6-4-3-5-7-9/h3-7,10H,8,15H2,1-2H3,(H,17,18)/t10?,14-/m0/s1. The number of hydrogen-bond donors (Lipinski definition) is 2. The number of nitrogens with two attached hydrogens (primary N) is 1. The first-order chi connectivity index (χ1) is 8.81. The molecule has 5 heteroatoms. The normalized spacial score (nSPS) is 27.6. The van der Waals surface area contributed by atoms with Gasteiger partial charge in [0.05, 0.1) is 5.92 Å². The number of carboxylic acid groups (broad SMARTS) is 1. The van der Waals surface area contributed by atoms with Gasteiger partial charge in [-0.2, -0.15) is 0 Å². The first-order valence-electron chi connectivity index (χ1n) is 6.04. The third kappa shape index (κ3) is 2.00. The van der Waals surface area contributed by atoms with Crippen LogP contribution in [0.15, 0.2) is 30.3 Å². The maximum absolute atomic E-state index is 11.9. The molecule has 5 nitrogen and oxygen atoms in total. The molecule has 1 unspecified atom stereocenters. The second kappa shape index (κ2) is 4.35. The van der Waals surface area contributed by atoms with E-state index in [1.807, 2.05) is 30.3 Å². The fourth-order valence-electron chi connectivity index (χ4n) is 2.49. The molecule has 0 spiro atoms. The number of aliphatic carboxylic acids is 1. The highest BCUT2D eigenvalue weighted by molar-refractivity contribution is 5.96. The van der Waals surface area contributed by atoms with Gasteiger partial charge >= 0.3 is 11.9 Å². The Morgan fingerprint density at radius 1 is 1.32 bits per heavy atom. The van der Waals surface area contributed by atoms with Crippen LogP contribution in [0, 0.1) is 11.3 Å². The molecule has 1 saturated carbocycles. The molecule has 0 amide bonds. The van der Waals surface area contributed by atoms with E-state index in [-0.39, 0.29) is 6.61 Å².